The molecule has 1 heterocycles. The van der Waals surface area contributed by atoms with Gasteiger partial charge < -0.3 is 0 Å². The minimum absolute atomic E-state index is 0.249. The zero-order chi connectivity index (χ0) is 14.5. The van der Waals surface area contributed by atoms with Crippen molar-refractivity contribution >= 4 is 13.3 Å². The van der Waals surface area contributed by atoms with Crippen LogP contribution in [0.15, 0.2) is 41.6 Å². The third-order valence-electron chi connectivity index (χ3n) is 5.44. The van der Waals surface area contributed by atoms with E-state index in [-0.39, 0.29) is 5.41 Å². The predicted molar refractivity (Wildman–Crippen MR) is 91.5 cm³/mol. The van der Waals surface area contributed by atoms with E-state index in [0.29, 0.717) is 5.92 Å². The fourth-order valence-electron chi connectivity index (χ4n) is 4.11. The summed E-state index contributed by atoms with van der Waals surface area (Å²) in [7, 11) is -1.44. The van der Waals surface area contributed by atoms with Crippen molar-refractivity contribution in [3.05, 3.63) is 52.8 Å². The topological polar surface area (TPSA) is 0 Å². The van der Waals surface area contributed by atoms with Gasteiger partial charge in [-0.15, -0.1) is 0 Å². The van der Waals surface area contributed by atoms with E-state index in [1.807, 2.05) is 0 Å². The third-order valence-corrected chi connectivity index (χ3v) is 10.9. The Kier molecular flexibility index (Phi) is 3.09. The summed E-state index contributed by atoms with van der Waals surface area (Å²) < 4.78 is 0. The molecule has 1 aromatic rings. The van der Waals surface area contributed by atoms with Gasteiger partial charge in [0.1, 0.15) is 8.07 Å². The minimum Gasteiger partial charge on any atom is -0.0733 e. The van der Waals surface area contributed by atoms with Crippen molar-refractivity contribution in [2.24, 2.45) is 0 Å². The number of fused-ring (bicyclic) bond motifs is 3. The summed E-state index contributed by atoms with van der Waals surface area (Å²) in [5.41, 5.74) is 3.35. The molecule has 0 radical (unpaired) electrons. The second kappa shape index (κ2) is 4.46. The van der Waals surface area contributed by atoms with Gasteiger partial charge in [-0.1, -0.05) is 93.5 Å². The fraction of sp³-hybridized carbons (Fsp3) is 0.474. The largest absolute Gasteiger partial charge is 0.114 e. The molecule has 106 valence electrons. The van der Waals surface area contributed by atoms with Crippen molar-refractivity contribution in [1.29, 1.82) is 0 Å². The number of hydrogen-bond donors (Lipinski definition) is 0. The van der Waals surface area contributed by atoms with Crippen LogP contribution in [0, 0.1) is 0 Å². The quantitative estimate of drug-likeness (QED) is 0.683. The van der Waals surface area contributed by atoms with Gasteiger partial charge in [-0.25, -0.2) is 0 Å². The summed E-state index contributed by atoms with van der Waals surface area (Å²) in [6.45, 7) is 11.8. The summed E-state index contributed by atoms with van der Waals surface area (Å²) in [4.78, 5) is 0. The van der Waals surface area contributed by atoms with Crippen LogP contribution < -0.4 is 5.19 Å². The second-order valence-electron chi connectivity index (χ2n) is 7.33. The lowest BCUT2D eigenvalue weighted by atomic mass is 9.85. The van der Waals surface area contributed by atoms with Crippen LogP contribution in [0.25, 0.3) is 0 Å². The first-order valence-electron chi connectivity index (χ1n) is 7.98. The van der Waals surface area contributed by atoms with Crippen LogP contribution in [0.1, 0.15) is 51.7 Å². The molecule has 1 aliphatic carbocycles. The number of rotatable bonds is 2. The maximum Gasteiger partial charge on any atom is 0.114 e. The van der Waals surface area contributed by atoms with Crippen LogP contribution in [0.3, 0.4) is 0 Å². The van der Waals surface area contributed by atoms with Crippen LogP contribution in [0.2, 0.25) is 12.1 Å². The normalized spacial score (nSPS) is 22.6. The lowest BCUT2D eigenvalue weighted by Crippen LogP contribution is -2.45. The second-order valence-corrected chi connectivity index (χ2v) is 12.0. The number of hydrogen-bond acceptors (Lipinski definition) is 0. The predicted octanol–water partition coefficient (Wildman–Crippen LogP) is 4.81. The Morgan fingerprint density at radius 1 is 1.10 bits per heavy atom. The maximum absolute atomic E-state index is 2.56. The van der Waals surface area contributed by atoms with Crippen LogP contribution in [-0.2, 0) is 5.41 Å². The third kappa shape index (κ3) is 1.72. The molecule has 20 heavy (non-hydrogen) atoms. The van der Waals surface area contributed by atoms with E-state index in [2.05, 4.69) is 71.0 Å². The van der Waals surface area contributed by atoms with Gasteiger partial charge in [-0.2, -0.15) is 0 Å². The van der Waals surface area contributed by atoms with Crippen molar-refractivity contribution in [2.45, 2.75) is 58.0 Å². The number of benzene rings is 1. The minimum atomic E-state index is -1.44. The van der Waals surface area contributed by atoms with Gasteiger partial charge in [0.2, 0.25) is 0 Å². The molecule has 1 atom stereocenters. The molecule has 0 saturated carbocycles. The molecule has 0 nitrogen and oxygen atoms in total. The van der Waals surface area contributed by atoms with E-state index in [0.717, 1.165) is 0 Å². The van der Waals surface area contributed by atoms with Crippen molar-refractivity contribution in [2.75, 3.05) is 0 Å². The zero-order valence-corrected chi connectivity index (χ0v) is 14.5. The molecule has 1 aliphatic heterocycles. The van der Waals surface area contributed by atoms with Crippen LogP contribution in [0.4, 0.5) is 0 Å². The van der Waals surface area contributed by atoms with Gasteiger partial charge in [0.15, 0.2) is 0 Å². The molecule has 1 heteroatoms. The molecule has 0 amide bonds. The standard InChI is InChI=1S/C19H26Si/c1-6-20(7-2)17-10-8-9-15(17)16-12-11-14(13-18(16)20)19(3,4)5/h8-13,15H,6-7H2,1-5H3. The van der Waals surface area contributed by atoms with E-state index in [1.54, 1.807) is 15.9 Å². The first kappa shape index (κ1) is 13.9. The van der Waals surface area contributed by atoms with Crippen molar-refractivity contribution in [3.8, 4) is 0 Å². The summed E-state index contributed by atoms with van der Waals surface area (Å²) in [5.74, 6) is 0.602. The highest BCUT2D eigenvalue weighted by molar-refractivity contribution is 6.99. The lowest BCUT2D eigenvalue weighted by Gasteiger charge is -2.29. The van der Waals surface area contributed by atoms with Crippen LogP contribution >= 0.6 is 0 Å². The molecule has 0 aromatic heterocycles. The monoisotopic (exact) mass is 282 g/mol. The molecular weight excluding hydrogens is 256 g/mol. The Hall–Kier alpha value is -1.08. The van der Waals surface area contributed by atoms with Crippen molar-refractivity contribution in [1.82, 2.24) is 0 Å². The summed E-state index contributed by atoms with van der Waals surface area (Å²) >= 11 is 0. The highest BCUT2D eigenvalue weighted by Crippen LogP contribution is 2.46. The SMILES string of the molecule is CC[Si]1(CC)C2=CC=CC2c2ccc(C(C)(C)C)cc21. The van der Waals surface area contributed by atoms with E-state index < -0.39 is 8.07 Å². The first-order chi connectivity index (χ1) is 9.44. The zero-order valence-electron chi connectivity index (χ0n) is 13.5. The average Bonchev–Trinajstić information content (AvgIpc) is 2.97. The van der Waals surface area contributed by atoms with Crippen molar-refractivity contribution in [3.63, 3.8) is 0 Å². The smallest absolute Gasteiger partial charge is 0.0733 e. The molecule has 3 rings (SSSR count). The molecule has 0 fully saturated rings. The fourth-order valence-corrected chi connectivity index (χ4v) is 8.98. The molecule has 0 saturated heterocycles. The molecule has 0 bridgehead atoms. The average molecular weight is 283 g/mol. The Morgan fingerprint density at radius 2 is 1.80 bits per heavy atom. The van der Waals surface area contributed by atoms with Crippen LogP contribution in [-0.4, -0.2) is 8.07 Å². The first-order valence-corrected chi connectivity index (χ1v) is 10.4. The summed E-state index contributed by atoms with van der Waals surface area (Å²) in [5, 5.41) is 3.50. The van der Waals surface area contributed by atoms with Gasteiger partial charge in [0.25, 0.3) is 0 Å². The van der Waals surface area contributed by atoms with Gasteiger partial charge in [0, 0.05) is 5.92 Å². The van der Waals surface area contributed by atoms with Gasteiger partial charge >= 0.3 is 0 Å². The molecule has 0 spiro atoms. The number of allylic oxidation sites excluding steroid dienone is 4. The van der Waals surface area contributed by atoms with Gasteiger partial charge in [0.05, 0.1) is 0 Å². The van der Waals surface area contributed by atoms with E-state index in [1.165, 1.54) is 17.7 Å². The molecule has 0 N–H and O–H groups in total. The van der Waals surface area contributed by atoms with E-state index >= 15 is 0 Å². The van der Waals surface area contributed by atoms with E-state index in [4.69, 9.17) is 0 Å². The Balaban J connectivity index is 2.23. The van der Waals surface area contributed by atoms with Gasteiger partial charge in [-0.05, 0) is 16.5 Å². The highest BCUT2D eigenvalue weighted by Gasteiger charge is 2.47. The molecule has 1 aromatic carbocycles. The maximum atomic E-state index is 2.56. The summed E-state index contributed by atoms with van der Waals surface area (Å²) in [6, 6.07) is 10.0. The lowest BCUT2D eigenvalue weighted by molar-refractivity contribution is 0.590. The molecule has 2 aliphatic rings. The Bertz CT molecular complexity index is 595. The van der Waals surface area contributed by atoms with Gasteiger partial charge in [-0.3, -0.25) is 0 Å². The summed E-state index contributed by atoms with van der Waals surface area (Å²) in [6.07, 6.45) is 7.12. The van der Waals surface area contributed by atoms with Crippen molar-refractivity contribution < 1.29 is 0 Å². The van der Waals surface area contributed by atoms with E-state index in [9.17, 15) is 0 Å². The van der Waals surface area contributed by atoms with Crippen LogP contribution in [0.5, 0.6) is 0 Å². The molecule has 1 unspecified atom stereocenters. The Labute approximate surface area is 124 Å². The molecular formula is C19H26Si. The Morgan fingerprint density at radius 3 is 2.40 bits per heavy atom. The highest BCUT2D eigenvalue weighted by atomic mass is 28.3.